The molecule has 1 saturated heterocycles. The number of aromatic amines is 1. The molecule has 126 valence electrons. The molecule has 4 heterocycles. The number of ether oxygens (including phenoxy) is 1. The molecule has 1 aliphatic rings. The third-order valence-electron chi connectivity index (χ3n) is 4.92. The summed E-state index contributed by atoms with van der Waals surface area (Å²) in [4.78, 5) is 19.1. The first-order valence-electron chi connectivity index (χ1n) is 8.21. The number of methoxy groups -OCH3 is 1. The number of aromatic nitrogens is 5. The first-order chi connectivity index (χ1) is 11.7. The number of imidazole rings is 2. The van der Waals surface area contributed by atoms with Crippen molar-refractivity contribution in [1.29, 1.82) is 0 Å². The lowest BCUT2D eigenvalue weighted by Crippen LogP contribution is -2.26. The Hall–Kier alpha value is -2.25. The number of aryl methyl sites for hydroxylation is 2. The van der Waals surface area contributed by atoms with Crippen molar-refractivity contribution >= 4 is 5.65 Å². The molecule has 2 atom stereocenters. The number of H-pyrrole nitrogens is 1. The fraction of sp³-hybridized carbons (Fsp3) is 0.471. The highest BCUT2D eigenvalue weighted by atomic mass is 16.5. The van der Waals surface area contributed by atoms with Crippen LogP contribution in [-0.4, -0.2) is 49.0 Å². The zero-order chi connectivity index (χ0) is 16.7. The molecule has 7 nitrogen and oxygen atoms in total. The van der Waals surface area contributed by atoms with E-state index in [0.29, 0.717) is 0 Å². The Morgan fingerprint density at radius 1 is 1.33 bits per heavy atom. The van der Waals surface area contributed by atoms with Gasteiger partial charge in [-0.15, -0.1) is 0 Å². The fourth-order valence-electron chi connectivity index (χ4n) is 3.44. The molecule has 0 saturated carbocycles. The Morgan fingerprint density at radius 2 is 2.21 bits per heavy atom. The number of hydrogen-bond acceptors (Lipinski definition) is 5. The summed E-state index contributed by atoms with van der Waals surface area (Å²) in [5.41, 5.74) is 4.21. The molecule has 0 aromatic carbocycles. The molecule has 3 aromatic rings. The molecular weight excluding hydrogens is 304 g/mol. The van der Waals surface area contributed by atoms with Gasteiger partial charge in [-0.1, -0.05) is 0 Å². The molecular formula is C17H22N6O. The van der Waals surface area contributed by atoms with Gasteiger partial charge in [0.2, 0.25) is 0 Å². The molecule has 1 fully saturated rings. The lowest BCUT2D eigenvalue weighted by atomic mass is 10.2. The molecule has 0 aliphatic carbocycles. The monoisotopic (exact) mass is 326 g/mol. The van der Waals surface area contributed by atoms with Crippen molar-refractivity contribution in [1.82, 2.24) is 29.2 Å². The highest BCUT2D eigenvalue weighted by Gasteiger charge is 2.35. The van der Waals surface area contributed by atoms with Gasteiger partial charge in [-0.25, -0.2) is 9.97 Å². The first-order valence-corrected chi connectivity index (χ1v) is 8.21. The van der Waals surface area contributed by atoms with Crippen molar-refractivity contribution in [3.63, 3.8) is 0 Å². The predicted octanol–water partition coefficient (Wildman–Crippen LogP) is 2.03. The Bertz CT molecular complexity index is 834. The van der Waals surface area contributed by atoms with Crippen molar-refractivity contribution in [3.05, 3.63) is 47.7 Å². The van der Waals surface area contributed by atoms with Gasteiger partial charge in [-0.2, -0.15) is 0 Å². The summed E-state index contributed by atoms with van der Waals surface area (Å²) in [6, 6.07) is 0.231. The third-order valence-corrected chi connectivity index (χ3v) is 4.92. The summed E-state index contributed by atoms with van der Waals surface area (Å²) >= 11 is 0. The third kappa shape index (κ3) is 2.59. The minimum Gasteiger partial charge on any atom is -0.380 e. The summed E-state index contributed by atoms with van der Waals surface area (Å²) in [5, 5.41) is 0. The highest BCUT2D eigenvalue weighted by molar-refractivity contribution is 5.36. The van der Waals surface area contributed by atoms with Gasteiger partial charge in [0.1, 0.15) is 5.82 Å². The van der Waals surface area contributed by atoms with Gasteiger partial charge in [-0.3, -0.25) is 14.3 Å². The van der Waals surface area contributed by atoms with E-state index in [-0.39, 0.29) is 12.1 Å². The molecule has 24 heavy (non-hydrogen) atoms. The van der Waals surface area contributed by atoms with E-state index in [1.165, 1.54) is 0 Å². The first kappa shape index (κ1) is 15.3. The smallest absolute Gasteiger partial charge is 0.155 e. The molecule has 0 spiro atoms. The van der Waals surface area contributed by atoms with E-state index in [4.69, 9.17) is 9.72 Å². The molecule has 0 bridgehead atoms. The van der Waals surface area contributed by atoms with Crippen LogP contribution in [-0.2, 0) is 11.3 Å². The van der Waals surface area contributed by atoms with Crippen LogP contribution in [0.1, 0.15) is 35.4 Å². The summed E-state index contributed by atoms with van der Waals surface area (Å²) in [6.07, 6.45) is 8.62. The standard InChI is InChI=1S/C17H22N6O/c1-11-12(2)21-17(20-11)15-6-14(24-3)10-22(15)9-13-7-19-16-8-18-4-5-23(13)16/h4-5,7-8,14-15H,6,9-10H2,1-3H3,(H,20,21)/t14-,15+/m1/s1. The summed E-state index contributed by atoms with van der Waals surface area (Å²) in [7, 11) is 1.78. The van der Waals surface area contributed by atoms with Gasteiger partial charge in [0.05, 0.1) is 35.9 Å². The highest BCUT2D eigenvalue weighted by Crippen LogP contribution is 2.33. The molecule has 0 amide bonds. The average Bonchev–Trinajstić information content (AvgIpc) is 3.27. The van der Waals surface area contributed by atoms with Crippen LogP contribution in [0.25, 0.3) is 5.65 Å². The van der Waals surface area contributed by atoms with Gasteiger partial charge in [0.15, 0.2) is 5.65 Å². The molecule has 7 heteroatoms. The van der Waals surface area contributed by atoms with Crippen LogP contribution >= 0.6 is 0 Å². The van der Waals surface area contributed by atoms with Crippen LogP contribution in [0.15, 0.2) is 24.8 Å². The van der Waals surface area contributed by atoms with Crippen molar-refractivity contribution in [2.45, 2.75) is 39.0 Å². The lowest BCUT2D eigenvalue weighted by Gasteiger charge is -2.22. The molecule has 1 N–H and O–H groups in total. The van der Waals surface area contributed by atoms with Gasteiger partial charge in [-0.05, 0) is 20.3 Å². The maximum atomic E-state index is 5.62. The number of nitrogens with one attached hydrogen (secondary N) is 1. The molecule has 3 aromatic heterocycles. The van der Waals surface area contributed by atoms with Gasteiger partial charge in [0.25, 0.3) is 0 Å². The van der Waals surface area contributed by atoms with Crippen LogP contribution in [0, 0.1) is 13.8 Å². The lowest BCUT2D eigenvalue weighted by molar-refractivity contribution is 0.107. The van der Waals surface area contributed by atoms with Crippen molar-refractivity contribution in [2.75, 3.05) is 13.7 Å². The van der Waals surface area contributed by atoms with Crippen molar-refractivity contribution in [3.8, 4) is 0 Å². The Morgan fingerprint density at radius 3 is 2.96 bits per heavy atom. The quantitative estimate of drug-likeness (QED) is 0.794. The maximum absolute atomic E-state index is 5.62. The van der Waals surface area contributed by atoms with E-state index in [9.17, 15) is 0 Å². The second-order valence-corrected chi connectivity index (χ2v) is 6.43. The van der Waals surface area contributed by atoms with Crippen LogP contribution in [0.3, 0.4) is 0 Å². The van der Waals surface area contributed by atoms with E-state index in [1.807, 2.05) is 19.3 Å². The largest absolute Gasteiger partial charge is 0.380 e. The summed E-state index contributed by atoms with van der Waals surface area (Å²) in [6.45, 7) is 5.79. The van der Waals surface area contributed by atoms with E-state index in [1.54, 1.807) is 19.5 Å². The summed E-state index contributed by atoms with van der Waals surface area (Å²) in [5.74, 6) is 1.03. The SMILES string of the molecule is CO[C@@H]1C[C@@H](c2nc(C)c(C)[nH]2)N(Cc2cnc3cnccn23)C1. The summed E-state index contributed by atoms with van der Waals surface area (Å²) < 4.78 is 7.71. The van der Waals surface area contributed by atoms with Crippen molar-refractivity contribution in [2.24, 2.45) is 0 Å². The van der Waals surface area contributed by atoms with E-state index in [0.717, 1.165) is 48.1 Å². The Labute approximate surface area is 140 Å². The van der Waals surface area contributed by atoms with Crippen LogP contribution < -0.4 is 0 Å². The molecule has 0 radical (unpaired) electrons. The van der Waals surface area contributed by atoms with Crippen LogP contribution in [0.4, 0.5) is 0 Å². The van der Waals surface area contributed by atoms with Gasteiger partial charge in [0, 0.05) is 38.3 Å². The van der Waals surface area contributed by atoms with E-state index >= 15 is 0 Å². The number of hydrogen-bond donors (Lipinski definition) is 1. The second-order valence-electron chi connectivity index (χ2n) is 6.43. The Kier molecular flexibility index (Phi) is 3.82. The number of rotatable bonds is 4. The molecule has 1 aliphatic heterocycles. The maximum Gasteiger partial charge on any atom is 0.155 e. The van der Waals surface area contributed by atoms with Crippen LogP contribution in [0.5, 0.6) is 0 Å². The normalized spacial score (nSPS) is 21.8. The van der Waals surface area contributed by atoms with Crippen LogP contribution in [0.2, 0.25) is 0 Å². The predicted molar refractivity (Wildman–Crippen MR) is 89.6 cm³/mol. The second kappa shape index (κ2) is 5.99. The zero-order valence-electron chi connectivity index (χ0n) is 14.2. The Balaban J connectivity index is 1.64. The fourth-order valence-corrected chi connectivity index (χ4v) is 3.44. The van der Waals surface area contributed by atoms with E-state index in [2.05, 4.69) is 31.2 Å². The number of fused-ring (bicyclic) bond motifs is 1. The average molecular weight is 326 g/mol. The van der Waals surface area contributed by atoms with E-state index < -0.39 is 0 Å². The van der Waals surface area contributed by atoms with Gasteiger partial charge < -0.3 is 9.72 Å². The van der Waals surface area contributed by atoms with Gasteiger partial charge >= 0.3 is 0 Å². The van der Waals surface area contributed by atoms with Crippen molar-refractivity contribution < 1.29 is 4.74 Å². The molecule has 4 rings (SSSR count). The zero-order valence-corrected chi connectivity index (χ0v) is 14.2. The number of nitrogens with zero attached hydrogens (tertiary/aromatic N) is 5. The number of likely N-dealkylation sites (tertiary alicyclic amines) is 1. The minimum absolute atomic E-state index is 0.224. The molecule has 0 unspecified atom stereocenters. The minimum atomic E-state index is 0.224. The topological polar surface area (TPSA) is 71.3 Å².